The Balaban J connectivity index is 1.34. The van der Waals surface area contributed by atoms with Crippen molar-refractivity contribution in [3.63, 3.8) is 0 Å². The maximum absolute atomic E-state index is 12.9. The molecule has 2 saturated heterocycles. The summed E-state index contributed by atoms with van der Waals surface area (Å²) in [5.74, 6) is -0.472. The van der Waals surface area contributed by atoms with Crippen molar-refractivity contribution in [2.45, 2.75) is 212 Å². The van der Waals surface area contributed by atoms with Crippen LogP contribution in [0.4, 0.5) is 4.79 Å². The molecule has 1 aromatic rings. The lowest BCUT2D eigenvalue weighted by Crippen LogP contribution is -2.49. The number of nitrogens with zero attached hydrogens (tertiary/aromatic N) is 1. The highest BCUT2D eigenvalue weighted by molar-refractivity contribution is 5.67. The number of hydrogen-bond acceptors (Lipinski definition) is 4. The molecular formula is C51H83NO4. The van der Waals surface area contributed by atoms with E-state index in [1.165, 1.54) is 128 Å². The van der Waals surface area contributed by atoms with Gasteiger partial charge in [-0.1, -0.05) is 170 Å². The van der Waals surface area contributed by atoms with E-state index in [9.17, 15) is 4.79 Å². The van der Waals surface area contributed by atoms with Gasteiger partial charge in [-0.05, 0) is 95.5 Å². The molecule has 1 amide bonds. The monoisotopic (exact) mass is 774 g/mol. The second-order valence-electron chi connectivity index (χ2n) is 16.7. The molecule has 2 aliphatic rings. The molecule has 2 fully saturated rings. The fourth-order valence-electron chi connectivity index (χ4n) is 8.01. The fraction of sp³-hybridized carbons (Fsp3) is 0.706. The molecule has 0 unspecified atom stereocenters. The normalized spacial score (nSPS) is 18.5. The van der Waals surface area contributed by atoms with E-state index in [2.05, 4.69) is 62.5 Å². The van der Waals surface area contributed by atoms with Crippen molar-refractivity contribution in [1.82, 2.24) is 4.90 Å². The van der Waals surface area contributed by atoms with Crippen LogP contribution in [0.3, 0.4) is 0 Å². The van der Waals surface area contributed by atoms with Crippen molar-refractivity contribution in [2.24, 2.45) is 0 Å². The molecule has 0 radical (unpaired) electrons. The van der Waals surface area contributed by atoms with Crippen molar-refractivity contribution >= 4 is 6.09 Å². The van der Waals surface area contributed by atoms with Crippen molar-refractivity contribution in [1.29, 1.82) is 0 Å². The summed E-state index contributed by atoms with van der Waals surface area (Å²) in [6.45, 7) is 6.79. The predicted octanol–water partition coefficient (Wildman–Crippen LogP) is 15.3. The van der Waals surface area contributed by atoms with Crippen LogP contribution >= 0.6 is 0 Å². The molecule has 0 atom stereocenters. The Morgan fingerprint density at radius 3 is 1.54 bits per heavy atom. The summed E-state index contributed by atoms with van der Waals surface area (Å²) >= 11 is 0. The summed E-state index contributed by atoms with van der Waals surface area (Å²) in [6, 6.07) is 9.92. The third-order valence-electron chi connectivity index (χ3n) is 11.7. The molecule has 0 aliphatic carbocycles. The number of amides is 1. The van der Waals surface area contributed by atoms with E-state index in [0.29, 0.717) is 26.3 Å². The molecule has 2 heterocycles. The molecule has 5 nitrogen and oxygen atoms in total. The zero-order chi connectivity index (χ0) is 39.7. The Kier molecular flexibility index (Phi) is 26.7. The van der Waals surface area contributed by atoms with Crippen LogP contribution in [0.5, 0.6) is 0 Å². The van der Waals surface area contributed by atoms with Gasteiger partial charge in [0.25, 0.3) is 0 Å². The Morgan fingerprint density at radius 2 is 1.05 bits per heavy atom. The summed E-state index contributed by atoms with van der Waals surface area (Å²) in [7, 11) is 0. The van der Waals surface area contributed by atoms with Gasteiger partial charge in [-0.25, -0.2) is 4.79 Å². The molecule has 0 N–H and O–H groups in total. The van der Waals surface area contributed by atoms with Gasteiger partial charge in [0.05, 0.1) is 12.2 Å². The number of benzene rings is 1. The van der Waals surface area contributed by atoms with Crippen molar-refractivity contribution < 1.29 is 19.0 Å². The van der Waals surface area contributed by atoms with Crippen LogP contribution < -0.4 is 0 Å². The Bertz CT molecular complexity index is 1160. The van der Waals surface area contributed by atoms with E-state index in [1.807, 2.05) is 35.2 Å². The smallest absolute Gasteiger partial charge is 0.410 e. The minimum atomic E-state index is -0.472. The number of carbonyl (C=O) groups excluding carboxylic acids is 1. The lowest BCUT2D eigenvalue weighted by molar-refractivity contribution is -0.203. The highest BCUT2D eigenvalue weighted by Gasteiger charge is 2.51. The predicted molar refractivity (Wildman–Crippen MR) is 238 cm³/mol. The maximum atomic E-state index is 12.9. The van der Waals surface area contributed by atoms with Crippen molar-refractivity contribution in [3.05, 3.63) is 84.5 Å². The summed E-state index contributed by atoms with van der Waals surface area (Å²) in [6.07, 6.45) is 52.2. The zero-order valence-electron chi connectivity index (χ0n) is 36.2. The molecule has 1 spiro atoms. The van der Waals surface area contributed by atoms with Crippen molar-refractivity contribution in [2.75, 3.05) is 19.7 Å². The Morgan fingerprint density at radius 1 is 0.607 bits per heavy atom. The van der Waals surface area contributed by atoms with Gasteiger partial charge in [-0.15, -0.1) is 0 Å². The van der Waals surface area contributed by atoms with Gasteiger partial charge < -0.3 is 19.1 Å². The van der Waals surface area contributed by atoms with E-state index in [-0.39, 0.29) is 11.7 Å². The van der Waals surface area contributed by atoms with Crippen LogP contribution in [0.2, 0.25) is 0 Å². The SMILES string of the molecule is CCCCCC=CCC=CCCCCCCCCC1(CCCCCCCCC=CCC=CCCCCC)OCC2(CCN(C(=O)OCc3ccccc3)CC2)O1. The third-order valence-corrected chi connectivity index (χ3v) is 11.7. The van der Waals surface area contributed by atoms with Crippen LogP contribution in [0.1, 0.15) is 199 Å². The fourth-order valence-corrected chi connectivity index (χ4v) is 8.01. The van der Waals surface area contributed by atoms with Crippen LogP contribution in [-0.4, -0.2) is 42.1 Å². The first-order valence-electron chi connectivity index (χ1n) is 23.5. The Labute approximate surface area is 344 Å². The molecule has 316 valence electrons. The van der Waals surface area contributed by atoms with Crippen LogP contribution in [0, 0.1) is 0 Å². The summed E-state index contributed by atoms with van der Waals surface area (Å²) in [5.41, 5.74) is 0.729. The van der Waals surface area contributed by atoms with E-state index in [1.54, 1.807) is 0 Å². The number of hydrogen-bond donors (Lipinski definition) is 0. The lowest BCUT2D eigenvalue weighted by atomic mass is 9.92. The molecule has 5 heteroatoms. The topological polar surface area (TPSA) is 48.0 Å². The average molecular weight is 774 g/mol. The first kappa shape index (κ1) is 47.7. The third kappa shape index (κ3) is 21.8. The average Bonchev–Trinajstić information content (AvgIpc) is 3.57. The number of rotatable bonds is 32. The molecule has 0 bridgehead atoms. The summed E-state index contributed by atoms with van der Waals surface area (Å²) < 4.78 is 19.4. The standard InChI is InChI=1S/C51H83NO4/c1-3-5-7-9-11-13-15-17-19-21-23-25-27-29-31-36-40-51(41-37-32-30-28-26-24-22-20-18-16-14-12-10-8-6-4-2)55-47-50(56-51)42-44-52(45-43-50)49(53)54-46-48-38-34-33-35-39-48/h11-14,17-20,33-35,38-39H,3-10,15-16,21-32,36-37,40-47H2,1-2H3. The van der Waals surface area contributed by atoms with E-state index >= 15 is 0 Å². The number of piperidine rings is 1. The lowest BCUT2D eigenvalue weighted by Gasteiger charge is -2.39. The molecule has 0 aromatic heterocycles. The van der Waals surface area contributed by atoms with Crippen molar-refractivity contribution in [3.8, 4) is 0 Å². The minimum absolute atomic E-state index is 0.225. The van der Waals surface area contributed by atoms with Gasteiger partial charge >= 0.3 is 6.09 Å². The number of carbonyl (C=O) groups is 1. The number of unbranched alkanes of at least 4 members (excludes halogenated alkanes) is 18. The zero-order valence-corrected chi connectivity index (χ0v) is 36.2. The van der Waals surface area contributed by atoms with Gasteiger partial charge in [0, 0.05) is 25.9 Å². The largest absolute Gasteiger partial charge is 0.445 e. The highest BCUT2D eigenvalue weighted by atomic mass is 16.8. The Hall–Kier alpha value is -2.63. The van der Waals surface area contributed by atoms with E-state index in [4.69, 9.17) is 14.2 Å². The maximum Gasteiger partial charge on any atom is 0.410 e. The quantitative estimate of drug-likeness (QED) is 0.0540. The molecule has 3 rings (SSSR count). The molecule has 0 saturated carbocycles. The molecule has 56 heavy (non-hydrogen) atoms. The highest BCUT2D eigenvalue weighted by Crippen LogP contribution is 2.44. The number of allylic oxidation sites excluding steroid dienone is 8. The minimum Gasteiger partial charge on any atom is -0.445 e. The molecular weight excluding hydrogens is 691 g/mol. The van der Waals surface area contributed by atoms with Crippen LogP contribution in [0.15, 0.2) is 78.9 Å². The second-order valence-corrected chi connectivity index (χ2v) is 16.7. The number of ether oxygens (including phenoxy) is 3. The molecule has 2 aliphatic heterocycles. The van der Waals surface area contributed by atoms with Gasteiger partial charge in [-0.3, -0.25) is 0 Å². The molecule has 1 aromatic carbocycles. The second kappa shape index (κ2) is 31.4. The van der Waals surface area contributed by atoms with E-state index in [0.717, 1.165) is 56.9 Å². The van der Waals surface area contributed by atoms with E-state index < -0.39 is 5.79 Å². The number of likely N-dealkylation sites (tertiary alicyclic amines) is 1. The van der Waals surface area contributed by atoms with Gasteiger partial charge in [0.2, 0.25) is 0 Å². The summed E-state index contributed by atoms with van der Waals surface area (Å²) in [4.78, 5) is 14.7. The van der Waals surface area contributed by atoms with Crippen LogP contribution in [-0.2, 0) is 20.8 Å². The first-order valence-corrected chi connectivity index (χ1v) is 23.5. The van der Waals surface area contributed by atoms with Gasteiger partial charge in [-0.2, -0.15) is 0 Å². The first-order chi connectivity index (χ1) is 27.6. The van der Waals surface area contributed by atoms with Gasteiger partial charge in [0.1, 0.15) is 6.61 Å². The van der Waals surface area contributed by atoms with Gasteiger partial charge in [0.15, 0.2) is 5.79 Å². The summed E-state index contributed by atoms with van der Waals surface area (Å²) in [5, 5.41) is 0. The van der Waals surface area contributed by atoms with Crippen LogP contribution in [0.25, 0.3) is 0 Å².